The van der Waals surface area contributed by atoms with Crippen LogP contribution in [0.15, 0.2) is 60.7 Å². The summed E-state index contributed by atoms with van der Waals surface area (Å²) < 4.78 is 0. The molecule has 1 aliphatic heterocycles. The van der Waals surface area contributed by atoms with E-state index < -0.39 is 0 Å². The number of hydrogen-bond acceptors (Lipinski definition) is 2. The minimum atomic E-state index is -0.333. The van der Waals surface area contributed by atoms with Gasteiger partial charge >= 0.3 is 0 Å². The Hall–Kier alpha value is -2.13. The molecule has 1 aliphatic rings. The number of nitrogens with one attached hydrogen (secondary N) is 1. The van der Waals surface area contributed by atoms with Crippen LogP contribution in [0.25, 0.3) is 0 Å². The molecule has 1 fully saturated rings. The Bertz CT molecular complexity index is 685. The van der Waals surface area contributed by atoms with Crippen molar-refractivity contribution in [1.29, 1.82) is 0 Å². The summed E-state index contributed by atoms with van der Waals surface area (Å²) in [5.41, 5.74) is 2.17. The molecule has 2 aromatic carbocycles. The first-order valence-corrected chi connectivity index (χ1v) is 8.64. The summed E-state index contributed by atoms with van der Waals surface area (Å²) in [5.74, 6) is 0.284. The van der Waals surface area contributed by atoms with Crippen molar-refractivity contribution in [1.82, 2.24) is 10.2 Å². The zero-order valence-electron chi connectivity index (χ0n) is 14.7. The van der Waals surface area contributed by atoms with Crippen LogP contribution in [-0.2, 0) is 10.3 Å². The third-order valence-corrected chi connectivity index (χ3v) is 5.41. The number of nitrogens with zero attached hydrogens (tertiary/aromatic N) is 1. The lowest BCUT2D eigenvalue weighted by Gasteiger charge is -2.51. The molecule has 3 atom stereocenters. The number of likely N-dealkylation sites (tertiary alicyclic amines) is 1. The Morgan fingerprint density at radius 1 is 1.08 bits per heavy atom. The SMILES string of the molecule is CC(=O)N[C@]1(c2ccccc2)CCN(C)[C@H](c2ccccc2)[C@H]1C. The molecule has 3 nitrogen and oxygen atoms in total. The van der Waals surface area contributed by atoms with Gasteiger partial charge in [-0.05, 0) is 24.6 Å². The Balaban J connectivity index is 2.07. The van der Waals surface area contributed by atoms with Crippen LogP contribution < -0.4 is 5.32 Å². The number of piperidine rings is 1. The Morgan fingerprint density at radius 3 is 2.25 bits per heavy atom. The van der Waals surface area contributed by atoms with E-state index in [1.807, 2.05) is 6.07 Å². The van der Waals surface area contributed by atoms with Crippen LogP contribution in [0.1, 0.15) is 37.4 Å². The molecule has 0 bridgehead atoms. The fraction of sp³-hybridized carbons (Fsp3) is 0.381. The Morgan fingerprint density at radius 2 is 1.67 bits per heavy atom. The van der Waals surface area contributed by atoms with E-state index in [-0.39, 0.29) is 23.4 Å². The van der Waals surface area contributed by atoms with Crippen molar-refractivity contribution < 1.29 is 4.79 Å². The lowest BCUT2D eigenvalue weighted by Crippen LogP contribution is -2.58. The Labute approximate surface area is 144 Å². The number of benzene rings is 2. The van der Waals surface area contributed by atoms with Gasteiger partial charge in [0.1, 0.15) is 0 Å². The van der Waals surface area contributed by atoms with Gasteiger partial charge in [-0.3, -0.25) is 9.69 Å². The molecule has 0 aromatic heterocycles. The minimum Gasteiger partial charge on any atom is -0.346 e. The molecular weight excluding hydrogens is 296 g/mol. The fourth-order valence-corrected chi connectivity index (χ4v) is 4.27. The van der Waals surface area contributed by atoms with Gasteiger partial charge in [-0.2, -0.15) is 0 Å². The molecule has 2 aromatic rings. The predicted molar refractivity (Wildman–Crippen MR) is 97.5 cm³/mol. The van der Waals surface area contributed by atoms with Crippen LogP contribution in [0.3, 0.4) is 0 Å². The second-order valence-corrected chi connectivity index (χ2v) is 6.89. The molecule has 1 saturated heterocycles. The summed E-state index contributed by atoms with van der Waals surface area (Å²) in [5, 5.41) is 3.32. The van der Waals surface area contributed by atoms with E-state index in [9.17, 15) is 4.79 Å². The highest BCUT2D eigenvalue weighted by Gasteiger charge is 2.47. The van der Waals surface area contributed by atoms with E-state index in [1.54, 1.807) is 6.92 Å². The smallest absolute Gasteiger partial charge is 0.217 e. The van der Waals surface area contributed by atoms with Crippen molar-refractivity contribution in [3.05, 3.63) is 71.8 Å². The van der Waals surface area contributed by atoms with Gasteiger partial charge in [0.2, 0.25) is 5.91 Å². The van der Waals surface area contributed by atoms with E-state index >= 15 is 0 Å². The molecule has 1 amide bonds. The minimum absolute atomic E-state index is 0.0297. The molecular formula is C21H26N2O. The van der Waals surface area contributed by atoms with Crippen molar-refractivity contribution in [2.45, 2.75) is 31.8 Å². The maximum atomic E-state index is 12.0. The average molecular weight is 322 g/mol. The van der Waals surface area contributed by atoms with Gasteiger partial charge in [0.15, 0.2) is 0 Å². The van der Waals surface area contributed by atoms with Crippen LogP contribution in [0, 0.1) is 5.92 Å². The maximum absolute atomic E-state index is 12.0. The topological polar surface area (TPSA) is 32.3 Å². The van der Waals surface area contributed by atoms with E-state index in [2.05, 4.69) is 78.8 Å². The standard InChI is InChI=1S/C21H26N2O/c1-16-20(18-10-6-4-7-11-18)23(3)15-14-21(16,22-17(2)24)19-12-8-5-9-13-19/h4-13,16,20H,14-15H2,1-3H3,(H,22,24)/t16-,20+,21-/m1/s1. The van der Waals surface area contributed by atoms with Crippen molar-refractivity contribution in [2.75, 3.05) is 13.6 Å². The van der Waals surface area contributed by atoms with Gasteiger partial charge in [-0.1, -0.05) is 67.6 Å². The first-order chi connectivity index (χ1) is 11.5. The average Bonchev–Trinajstić information content (AvgIpc) is 2.59. The highest BCUT2D eigenvalue weighted by atomic mass is 16.1. The first-order valence-electron chi connectivity index (χ1n) is 8.64. The molecule has 1 N–H and O–H groups in total. The lowest BCUT2D eigenvalue weighted by atomic mass is 9.68. The number of carbonyl (C=O) groups excluding carboxylic acids is 1. The summed E-state index contributed by atoms with van der Waals surface area (Å²) >= 11 is 0. The highest BCUT2D eigenvalue weighted by molar-refractivity contribution is 5.74. The van der Waals surface area contributed by atoms with Gasteiger partial charge < -0.3 is 5.32 Å². The van der Waals surface area contributed by atoms with Crippen LogP contribution in [0.4, 0.5) is 0 Å². The number of hydrogen-bond donors (Lipinski definition) is 1. The third-order valence-electron chi connectivity index (χ3n) is 5.41. The second-order valence-electron chi connectivity index (χ2n) is 6.89. The van der Waals surface area contributed by atoms with Crippen molar-refractivity contribution in [2.24, 2.45) is 5.92 Å². The summed E-state index contributed by atoms with van der Waals surface area (Å²) in [4.78, 5) is 14.4. The van der Waals surface area contributed by atoms with Gasteiger partial charge in [-0.15, -0.1) is 0 Å². The number of rotatable bonds is 3. The maximum Gasteiger partial charge on any atom is 0.217 e. The predicted octanol–water partition coefficient (Wildman–Crippen LogP) is 3.73. The highest BCUT2D eigenvalue weighted by Crippen LogP contribution is 2.46. The molecule has 3 heteroatoms. The fourth-order valence-electron chi connectivity index (χ4n) is 4.27. The quantitative estimate of drug-likeness (QED) is 0.934. The zero-order valence-corrected chi connectivity index (χ0v) is 14.7. The van der Waals surface area contributed by atoms with E-state index in [0.29, 0.717) is 0 Å². The molecule has 0 saturated carbocycles. The zero-order chi connectivity index (χ0) is 17.2. The second kappa shape index (κ2) is 6.78. The molecule has 3 rings (SSSR count). The van der Waals surface area contributed by atoms with Crippen LogP contribution in [0.5, 0.6) is 0 Å². The van der Waals surface area contributed by atoms with E-state index in [1.165, 1.54) is 11.1 Å². The van der Waals surface area contributed by atoms with Crippen molar-refractivity contribution >= 4 is 5.91 Å². The van der Waals surface area contributed by atoms with Crippen molar-refractivity contribution in [3.63, 3.8) is 0 Å². The number of amides is 1. The lowest BCUT2D eigenvalue weighted by molar-refractivity contribution is -0.123. The monoisotopic (exact) mass is 322 g/mol. The first kappa shape index (κ1) is 16.7. The molecule has 126 valence electrons. The Kier molecular flexibility index (Phi) is 4.72. The van der Waals surface area contributed by atoms with E-state index in [4.69, 9.17) is 0 Å². The van der Waals surface area contributed by atoms with Crippen LogP contribution in [-0.4, -0.2) is 24.4 Å². The van der Waals surface area contributed by atoms with Gasteiger partial charge in [0.25, 0.3) is 0 Å². The van der Waals surface area contributed by atoms with Gasteiger partial charge in [-0.25, -0.2) is 0 Å². The summed E-state index contributed by atoms with van der Waals surface area (Å²) in [6.45, 7) is 4.82. The summed E-state index contributed by atoms with van der Waals surface area (Å²) in [6, 6.07) is 21.3. The molecule has 0 aliphatic carbocycles. The normalized spacial score (nSPS) is 27.6. The van der Waals surface area contributed by atoms with Crippen LogP contribution in [0.2, 0.25) is 0 Å². The van der Waals surface area contributed by atoms with Crippen molar-refractivity contribution in [3.8, 4) is 0 Å². The van der Waals surface area contributed by atoms with E-state index in [0.717, 1.165) is 13.0 Å². The molecule has 1 heterocycles. The summed E-state index contributed by atoms with van der Waals surface area (Å²) in [6.07, 6.45) is 0.914. The molecule has 0 radical (unpaired) electrons. The molecule has 0 spiro atoms. The summed E-state index contributed by atoms with van der Waals surface area (Å²) in [7, 11) is 2.18. The number of carbonyl (C=O) groups is 1. The van der Waals surface area contributed by atoms with Gasteiger partial charge in [0.05, 0.1) is 5.54 Å². The molecule has 0 unspecified atom stereocenters. The molecule has 24 heavy (non-hydrogen) atoms. The largest absolute Gasteiger partial charge is 0.346 e. The van der Waals surface area contributed by atoms with Crippen LogP contribution >= 0.6 is 0 Å². The van der Waals surface area contributed by atoms with Gasteiger partial charge in [0, 0.05) is 25.4 Å². The third kappa shape index (κ3) is 2.96.